The number of ketones is 2. The minimum atomic E-state index is -1.18. The molecule has 0 bridgehead atoms. The average molecular weight is 321 g/mol. The molecule has 118 valence electrons. The van der Waals surface area contributed by atoms with E-state index >= 15 is 0 Å². The molecule has 1 rings (SSSR count). The summed E-state index contributed by atoms with van der Waals surface area (Å²) in [7, 11) is 0. The number of hydrogen-bond donors (Lipinski definition) is 0. The zero-order valence-corrected chi connectivity index (χ0v) is 13.6. The van der Waals surface area contributed by atoms with Gasteiger partial charge in [0.25, 0.3) is 0 Å². The number of hydrogen-bond acceptors (Lipinski definition) is 5. The lowest BCUT2D eigenvalue weighted by atomic mass is 9.88. The SMILES string of the molecule is C=CC(C)=C[C@@]1(C)SC(=O)C(C(=O)CCCCN=[N+]=[N-])C1=O. The maximum atomic E-state index is 12.5. The Morgan fingerprint density at radius 1 is 1.50 bits per heavy atom. The van der Waals surface area contributed by atoms with Crippen LogP contribution in [0.4, 0.5) is 0 Å². The Morgan fingerprint density at radius 2 is 2.18 bits per heavy atom. The molecule has 6 nitrogen and oxygen atoms in total. The first-order chi connectivity index (χ1) is 10.4. The fraction of sp³-hybridized carbons (Fsp3) is 0.533. The van der Waals surface area contributed by atoms with Gasteiger partial charge in [-0.3, -0.25) is 14.4 Å². The lowest BCUT2D eigenvalue weighted by Gasteiger charge is -2.16. The molecular formula is C15H19N3O3S. The third-order valence-corrected chi connectivity index (χ3v) is 4.62. The lowest BCUT2D eigenvalue weighted by Crippen LogP contribution is -2.33. The van der Waals surface area contributed by atoms with Crippen LogP contribution < -0.4 is 0 Å². The van der Waals surface area contributed by atoms with Crippen LogP contribution in [0, 0.1) is 5.92 Å². The van der Waals surface area contributed by atoms with Crippen LogP contribution in [0.5, 0.6) is 0 Å². The number of azide groups is 1. The number of unbranched alkanes of at least 4 members (excludes halogenated alkanes) is 1. The fourth-order valence-corrected chi connectivity index (χ4v) is 3.49. The molecule has 0 aromatic carbocycles. The highest BCUT2D eigenvalue weighted by Crippen LogP contribution is 2.42. The molecule has 1 aliphatic rings. The second-order valence-corrected chi connectivity index (χ2v) is 6.75. The number of Topliss-reactive ketones (excluding diaryl/α,β-unsaturated/α-hetero) is 2. The van der Waals surface area contributed by atoms with Gasteiger partial charge in [0.1, 0.15) is 5.92 Å². The summed E-state index contributed by atoms with van der Waals surface area (Å²) in [6.07, 6.45) is 4.49. The summed E-state index contributed by atoms with van der Waals surface area (Å²) in [6.45, 7) is 7.38. The molecule has 0 spiro atoms. The van der Waals surface area contributed by atoms with E-state index in [0.717, 1.165) is 17.3 Å². The highest BCUT2D eigenvalue weighted by atomic mass is 32.2. The van der Waals surface area contributed by atoms with E-state index in [1.54, 1.807) is 26.0 Å². The average Bonchev–Trinajstić information content (AvgIpc) is 2.68. The molecule has 0 aromatic rings. The molecule has 0 aromatic heterocycles. The van der Waals surface area contributed by atoms with Gasteiger partial charge < -0.3 is 0 Å². The fourth-order valence-electron chi connectivity index (χ4n) is 2.25. The molecule has 1 saturated heterocycles. The Bertz CT molecular complexity index is 579. The van der Waals surface area contributed by atoms with Crippen LogP contribution >= 0.6 is 11.8 Å². The Labute approximate surface area is 133 Å². The van der Waals surface area contributed by atoms with Gasteiger partial charge in [-0.25, -0.2) is 0 Å². The molecular weight excluding hydrogens is 302 g/mol. The molecule has 0 radical (unpaired) electrons. The van der Waals surface area contributed by atoms with Crippen molar-refractivity contribution >= 4 is 28.4 Å². The molecule has 2 atom stereocenters. The van der Waals surface area contributed by atoms with E-state index < -0.39 is 10.7 Å². The molecule has 0 amide bonds. The topological polar surface area (TPSA) is 100.0 Å². The monoisotopic (exact) mass is 321 g/mol. The van der Waals surface area contributed by atoms with E-state index in [9.17, 15) is 14.4 Å². The number of carbonyl (C=O) groups is 3. The standard InChI is InChI=1S/C15H19N3O3S/c1-4-10(2)9-15(3)13(20)12(14(21)22-15)11(19)7-5-6-8-17-18-16/h4,9,12H,1,5-8H2,2-3H3/t12?,15-/m1/s1. The van der Waals surface area contributed by atoms with Crippen LogP contribution in [0.2, 0.25) is 0 Å². The molecule has 0 N–H and O–H groups in total. The summed E-state index contributed by atoms with van der Waals surface area (Å²) in [5.74, 6) is -1.89. The minimum Gasteiger partial charge on any atom is -0.298 e. The van der Waals surface area contributed by atoms with Gasteiger partial charge in [0, 0.05) is 17.9 Å². The largest absolute Gasteiger partial charge is 0.298 e. The second-order valence-electron chi connectivity index (χ2n) is 5.30. The van der Waals surface area contributed by atoms with E-state index in [1.807, 2.05) is 0 Å². The van der Waals surface area contributed by atoms with Crippen molar-refractivity contribution in [2.45, 2.75) is 37.9 Å². The Morgan fingerprint density at radius 3 is 2.77 bits per heavy atom. The maximum Gasteiger partial charge on any atom is 0.208 e. The van der Waals surface area contributed by atoms with Gasteiger partial charge in [-0.05, 0) is 32.2 Å². The quantitative estimate of drug-likeness (QED) is 0.171. The summed E-state index contributed by atoms with van der Waals surface area (Å²) in [5, 5.41) is 2.99. The highest BCUT2D eigenvalue weighted by molar-refractivity contribution is 8.16. The van der Waals surface area contributed by atoms with Crippen molar-refractivity contribution in [1.82, 2.24) is 0 Å². The van der Waals surface area contributed by atoms with E-state index in [1.165, 1.54) is 0 Å². The van der Waals surface area contributed by atoms with Gasteiger partial charge in [0.15, 0.2) is 11.6 Å². The Hall–Kier alpha value is -1.85. The zero-order chi connectivity index (χ0) is 16.8. The molecule has 1 fully saturated rings. The third-order valence-electron chi connectivity index (χ3n) is 3.44. The number of carbonyl (C=O) groups excluding carboxylic acids is 3. The Kier molecular flexibility index (Phi) is 6.59. The van der Waals surface area contributed by atoms with E-state index in [2.05, 4.69) is 16.6 Å². The lowest BCUT2D eigenvalue weighted by molar-refractivity contribution is -0.136. The first-order valence-electron chi connectivity index (χ1n) is 6.98. The Balaban J connectivity index is 2.74. The summed E-state index contributed by atoms with van der Waals surface area (Å²) >= 11 is 0.903. The number of nitrogens with zero attached hydrogens (tertiary/aromatic N) is 3. The minimum absolute atomic E-state index is 0.143. The van der Waals surface area contributed by atoms with E-state index in [4.69, 9.17) is 5.53 Å². The molecule has 1 aliphatic heterocycles. The molecule has 7 heteroatoms. The van der Waals surface area contributed by atoms with Crippen LogP contribution in [0.3, 0.4) is 0 Å². The van der Waals surface area contributed by atoms with Crippen molar-refractivity contribution in [2.24, 2.45) is 11.0 Å². The number of thioether (sulfide) groups is 1. The van der Waals surface area contributed by atoms with Gasteiger partial charge in [-0.1, -0.05) is 41.2 Å². The van der Waals surface area contributed by atoms with E-state index in [0.29, 0.717) is 19.4 Å². The van der Waals surface area contributed by atoms with Crippen molar-refractivity contribution < 1.29 is 14.4 Å². The predicted molar refractivity (Wildman–Crippen MR) is 86.3 cm³/mol. The summed E-state index contributed by atoms with van der Waals surface area (Å²) in [4.78, 5) is 39.3. The van der Waals surface area contributed by atoms with Crippen molar-refractivity contribution in [3.05, 3.63) is 34.7 Å². The predicted octanol–water partition coefficient (Wildman–Crippen LogP) is 3.39. The molecule has 1 unspecified atom stereocenters. The van der Waals surface area contributed by atoms with Gasteiger partial charge in [0.05, 0.1) is 4.75 Å². The van der Waals surface area contributed by atoms with Crippen LogP contribution in [0.15, 0.2) is 29.4 Å². The van der Waals surface area contributed by atoms with Crippen LogP contribution in [0.1, 0.15) is 33.1 Å². The summed E-state index contributed by atoms with van der Waals surface area (Å²) in [6, 6.07) is 0. The molecule has 0 aliphatic carbocycles. The number of allylic oxidation sites excluding steroid dienone is 2. The molecule has 22 heavy (non-hydrogen) atoms. The first kappa shape index (κ1) is 18.2. The van der Waals surface area contributed by atoms with Crippen LogP contribution in [-0.2, 0) is 14.4 Å². The van der Waals surface area contributed by atoms with Crippen LogP contribution in [-0.4, -0.2) is 28.0 Å². The van der Waals surface area contributed by atoms with Gasteiger partial charge in [-0.2, -0.15) is 0 Å². The van der Waals surface area contributed by atoms with Gasteiger partial charge in [-0.15, -0.1) is 0 Å². The van der Waals surface area contributed by atoms with Crippen molar-refractivity contribution in [2.75, 3.05) is 6.54 Å². The van der Waals surface area contributed by atoms with Crippen molar-refractivity contribution in [3.63, 3.8) is 0 Å². The van der Waals surface area contributed by atoms with Crippen molar-refractivity contribution in [3.8, 4) is 0 Å². The highest BCUT2D eigenvalue weighted by Gasteiger charge is 2.52. The normalized spacial score (nSPS) is 25.0. The van der Waals surface area contributed by atoms with E-state index in [-0.39, 0.29) is 23.1 Å². The summed E-state index contributed by atoms with van der Waals surface area (Å²) < 4.78 is -0.999. The van der Waals surface area contributed by atoms with Crippen LogP contribution in [0.25, 0.3) is 10.4 Å². The van der Waals surface area contributed by atoms with Gasteiger partial charge in [0.2, 0.25) is 5.12 Å². The molecule has 1 heterocycles. The smallest absolute Gasteiger partial charge is 0.208 e. The zero-order valence-electron chi connectivity index (χ0n) is 12.7. The first-order valence-corrected chi connectivity index (χ1v) is 7.80. The van der Waals surface area contributed by atoms with Crippen molar-refractivity contribution in [1.29, 1.82) is 0 Å². The van der Waals surface area contributed by atoms with Gasteiger partial charge >= 0.3 is 0 Å². The third kappa shape index (κ3) is 4.32. The molecule has 0 saturated carbocycles. The number of rotatable bonds is 8. The second kappa shape index (κ2) is 7.96. The summed E-state index contributed by atoms with van der Waals surface area (Å²) in [5.41, 5.74) is 8.94. The maximum absolute atomic E-state index is 12.5.